The van der Waals surface area contributed by atoms with E-state index in [9.17, 15) is 4.21 Å². The van der Waals surface area contributed by atoms with Gasteiger partial charge in [-0.2, -0.15) is 4.68 Å². The Bertz CT molecular complexity index is 1370. The highest BCUT2D eigenvalue weighted by Crippen LogP contribution is 2.34. The zero-order valence-electron chi connectivity index (χ0n) is 16.2. The largest absolute Gasteiger partial charge is 0.457 e. The second-order valence-corrected chi connectivity index (χ2v) is 10.1. The maximum Gasteiger partial charge on any atom is 0.221 e. The van der Waals surface area contributed by atoms with Crippen molar-refractivity contribution >= 4 is 44.1 Å². The van der Waals surface area contributed by atoms with Crippen molar-refractivity contribution in [2.45, 2.75) is 14.4 Å². The molecule has 1 atom stereocenters. The van der Waals surface area contributed by atoms with E-state index in [4.69, 9.17) is 4.74 Å². The van der Waals surface area contributed by atoms with Gasteiger partial charge in [0.1, 0.15) is 11.5 Å². The van der Waals surface area contributed by atoms with Crippen molar-refractivity contribution in [2.75, 3.05) is 6.26 Å². The van der Waals surface area contributed by atoms with E-state index in [1.807, 2.05) is 72.8 Å². The summed E-state index contributed by atoms with van der Waals surface area (Å²) in [4.78, 5) is 5.42. The summed E-state index contributed by atoms with van der Waals surface area (Å²) in [5, 5.41) is 12.7. The predicted octanol–water partition coefficient (Wildman–Crippen LogP) is 4.95. The Labute approximate surface area is 188 Å². The lowest BCUT2D eigenvalue weighted by Crippen LogP contribution is -1.98. The number of para-hydroxylation sites is 1. The lowest BCUT2D eigenvalue weighted by atomic mass is 10.3. The molecule has 154 valence electrons. The van der Waals surface area contributed by atoms with Crippen LogP contribution >= 0.6 is 23.1 Å². The van der Waals surface area contributed by atoms with Gasteiger partial charge >= 0.3 is 0 Å². The lowest BCUT2D eigenvalue weighted by molar-refractivity contribution is 0.482. The van der Waals surface area contributed by atoms with Crippen LogP contribution in [-0.2, 0) is 10.8 Å². The molecule has 31 heavy (non-hydrogen) atoms. The van der Waals surface area contributed by atoms with Gasteiger partial charge in [0.25, 0.3) is 0 Å². The molecule has 5 aromatic rings. The molecule has 0 bridgehead atoms. The average molecular weight is 466 g/mol. The minimum absolute atomic E-state index is 0.607. The van der Waals surface area contributed by atoms with Crippen LogP contribution in [0, 0.1) is 0 Å². The van der Waals surface area contributed by atoms with Crippen LogP contribution in [0.15, 0.2) is 87.2 Å². The second-order valence-electron chi connectivity index (χ2n) is 6.45. The SMILES string of the molecule is CS(=O)c1ccc2nc(Sc3nnnn3-c3ccc(Oc4ccccc4)cc3)sc2c1. The van der Waals surface area contributed by atoms with E-state index in [0.29, 0.717) is 5.16 Å². The third kappa shape index (κ3) is 4.36. The molecule has 2 aromatic heterocycles. The Morgan fingerprint density at radius 2 is 1.77 bits per heavy atom. The average Bonchev–Trinajstić information content (AvgIpc) is 3.41. The molecule has 0 radical (unpaired) electrons. The second kappa shape index (κ2) is 8.58. The summed E-state index contributed by atoms with van der Waals surface area (Å²) in [5.41, 5.74) is 1.68. The monoisotopic (exact) mass is 465 g/mol. The van der Waals surface area contributed by atoms with Crippen LogP contribution in [0.4, 0.5) is 0 Å². The van der Waals surface area contributed by atoms with Gasteiger partial charge in [-0.15, -0.1) is 16.4 Å². The van der Waals surface area contributed by atoms with Gasteiger partial charge in [0.05, 0.1) is 15.9 Å². The Morgan fingerprint density at radius 3 is 2.55 bits per heavy atom. The van der Waals surface area contributed by atoms with Crippen molar-refractivity contribution in [2.24, 2.45) is 0 Å². The number of benzene rings is 3. The number of nitrogens with zero attached hydrogens (tertiary/aromatic N) is 5. The minimum atomic E-state index is -1.03. The molecule has 10 heteroatoms. The van der Waals surface area contributed by atoms with Gasteiger partial charge in [-0.05, 0) is 76.8 Å². The van der Waals surface area contributed by atoms with Crippen LogP contribution < -0.4 is 4.74 Å². The summed E-state index contributed by atoms with van der Waals surface area (Å²) >= 11 is 2.91. The lowest BCUT2D eigenvalue weighted by Gasteiger charge is -2.07. The molecule has 0 aliphatic carbocycles. The Balaban J connectivity index is 1.37. The minimum Gasteiger partial charge on any atom is -0.457 e. The Hall–Kier alpha value is -3.08. The molecule has 0 fully saturated rings. The molecule has 0 aliphatic rings. The highest BCUT2D eigenvalue weighted by Gasteiger charge is 2.14. The first-order valence-electron chi connectivity index (χ1n) is 9.19. The van der Waals surface area contributed by atoms with E-state index in [1.54, 1.807) is 10.9 Å². The molecule has 2 heterocycles. The summed E-state index contributed by atoms with van der Waals surface area (Å²) in [6.07, 6.45) is 1.67. The van der Waals surface area contributed by atoms with Crippen molar-refractivity contribution < 1.29 is 8.95 Å². The van der Waals surface area contributed by atoms with Gasteiger partial charge in [0.15, 0.2) is 4.34 Å². The van der Waals surface area contributed by atoms with E-state index >= 15 is 0 Å². The van der Waals surface area contributed by atoms with Crippen molar-refractivity contribution in [1.29, 1.82) is 0 Å². The van der Waals surface area contributed by atoms with E-state index in [0.717, 1.165) is 36.6 Å². The van der Waals surface area contributed by atoms with Crippen LogP contribution in [0.1, 0.15) is 0 Å². The Morgan fingerprint density at radius 1 is 1.00 bits per heavy atom. The summed E-state index contributed by atoms with van der Waals surface area (Å²) in [6, 6.07) is 22.8. The molecule has 0 saturated carbocycles. The topological polar surface area (TPSA) is 82.8 Å². The fourth-order valence-electron chi connectivity index (χ4n) is 2.87. The number of ether oxygens (including phenoxy) is 1. The van der Waals surface area contributed by atoms with E-state index in [1.165, 1.54) is 23.1 Å². The van der Waals surface area contributed by atoms with E-state index < -0.39 is 10.8 Å². The van der Waals surface area contributed by atoms with Crippen molar-refractivity contribution in [3.63, 3.8) is 0 Å². The first kappa shape index (κ1) is 19.9. The maximum absolute atomic E-state index is 11.7. The fraction of sp³-hybridized carbons (Fsp3) is 0.0476. The highest BCUT2D eigenvalue weighted by atomic mass is 32.2. The number of hydrogen-bond acceptors (Lipinski definition) is 8. The summed E-state index contributed by atoms with van der Waals surface area (Å²) in [7, 11) is -1.03. The highest BCUT2D eigenvalue weighted by molar-refractivity contribution is 8.01. The number of thiazole rings is 1. The van der Waals surface area contributed by atoms with Gasteiger partial charge in [-0.1, -0.05) is 18.2 Å². The molecule has 1 unspecified atom stereocenters. The van der Waals surface area contributed by atoms with Crippen molar-refractivity contribution in [3.8, 4) is 17.2 Å². The van der Waals surface area contributed by atoms with Crippen molar-refractivity contribution in [1.82, 2.24) is 25.2 Å². The zero-order valence-corrected chi connectivity index (χ0v) is 18.7. The molecule has 7 nitrogen and oxygen atoms in total. The molecule has 0 aliphatic heterocycles. The van der Waals surface area contributed by atoms with Gasteiger partial charge in [-0.3, -0.25) is 4.21 Å². The first-order chi connectivity index (χ1) is 15.2. The molecule has 0 saturated heterocycles. The molecular formula is C21H15N5O2S3. The quantitative estimate of drug-likeness (QED) is 0.351. The smallest absolute Gasteiger partial charge is 0.221 e. The number of fused-ring (bicyclic) bond motifs is 1. The molecule has 0 N–H and O–H groups in total. The number of rotatable bonds is 6. The summed E-state index contributed by atoms with van der Waals surface area (Å²) < 4.78 is 21.0. The molecule has 0 amide bonds. The Kier molecular flexibility index (Phi) is 5.49. The zero-order chi connectivity index (χ0) is 21.2. The van der Waals surface area contributed by atoms with Crippen LogP contribution in [0.5, 0.6) is 11.5 Å². The summed E-state index contributed by atoms with van der Waals surface area (Å²) in [6.45, 7) is 0. The molecule has 0 spiro atoms. The van der Waals surface area contributed by atoms with Crippen molar-refractivity contribution in [3.05, 3.63) is 72.8 Å². The third-order valence-electron chi connectivity index (χ3n) is 4.35. The number of hydrogen-bond donors (Lipinski definition) is 0. The standard InChI is InChI=1S/C21H15N5O2S3/c1-31(27)17-11-12-18-19(13-17)29-21(22-18)30-20-23-24-25-26(20)14-7-9-16(10-8-14)28-15-5-3-2-4-6-15/h2-13H,1H3. The van der Waals surface area contributed by atoms with E-state index in [-0.39, 0.29) is 0 Å². The summed E-state index contributed by atoms with van der Waals surface area (Å²) in [5.74, 6) is 1.51. The molecular weight excluding hydrogens is 450 g/mol. The first-order valence-corrected chi connectivity index (χ1v) is 12.4. The van der Waals surface area contributed by atoms with Crippen LogP contribution in [0.25, 0.3) is 15.9 Å². The number of tetrazole rings is 1. The van der Waals surface area contributed by atoms with Gasteiger partial charge in [0.2, 0.25) is 5.16 Å². The van der Waals surface area contributed by atoms with E-state index in [2.05, 4.69) is 20.5 Å². The molecule has 3 aromatic carbocycles. The maximum atomic E-state index is 11.7. The van der Waals surface area contributed by atoms with Crippen LogP contribution in [0.2, 0.25) is 0 Å². The fourth-order valence-corrected chi connectivity index (χ4v) is 5.49. The van der Waals surface area contributed by atoms with Gasteiger partial charge in [-0.25, -0.2) is 4.98 Å². The number of aromatic nitrogens is 5. The predicted molar refractivity (Wildman–Crippen MR) is 122 cm³/mol. The van der Waals surface area contributed by atoms with Gasteiger partial charge < -0.3 is 4.74 Å². The third-order valence-corrected chi connectivity index (χ3v) is 7.29. The normalized spacial score (nSPS) is 12.2. The van der Waals surface area contributed by atoms with Gasteiger partial charge in [0, 0.05) is 22.0 Å². The molecule has 5 rings (SSSR count). The van der Waals surface area contributed by atoms with Crippen LogP contribution in [0.3, 0.4) is 0 Å². The van der Waals surface area contributed by atoms with Crippen LogP contribution in [-0.4, -0.2) is 35.7 Å².